The second-order valence-corrected chi connectivity index (χ2v) is 4.67. The first kappa shape index (κ1) is 12.1. The van der Waals surface area contributed by atoms with Gasteiger partial charge < -0.3 is 5.32 Å². The first-order valence-electron chi connectivity index (χ1n) is 6.32. The molecule has 0 aliphatic heterocycles. The molecule has 0 spiro atoms. The molecule has 17 heavy (non-hydrogen) atoms. The minimum atomic E-state index is -0.309. The Balaban J connectivity index is 1.93. The van der Waals surface area contributed by atoms with Gasteiger partial charge in [-0.1, -0.05) is 25.7 Å². The van der Waals surface area contributed by atoms with Crippen LogP contribution in [0.3, 0.4) is 0 Å². The number of benzene rings is 1. The van der Waals surface area contributed by atoms with Crippen molar-refractivity contribution in [3.05, 3.63) is 35.6 Å². The Hall–Kier alpha value is -1.38. The number of rotatable bonds is 2. The zero-order valence-electron chi connectivity index (χ0n) is 9.92. The highest BCUT2D eigenvalue weighted by Crippen LogP contribution is 2.17. The van der Waals surface area contributed by atoms with E-state index < -0.39 is 0 Å². The summed E-state index contributed by atoms with van der Waals surface area (Å²) in [4.78, 5) is 11.9. The van der Waals surface area contributed by atoms with Crippen molar-refractivity contribution in [1.29, 1.82) is 0 Å². The van der Waals surface area contributed by atoms with Crippen LogP contribution in [0.1, 0.15) is 48.9 Å². The number of nitrogens with one attached hydrogen (secondary N) is 1. The van der Waals surface area contributed by atoms with Crippen molar-refractivity contribution >= 4 is 5.91 Å². The largest absolute Gasteiger partial charge is 0.349 e. The molecular formula is C14H18FNO. The highest BCUT2D eigenvalue weighted by molar-refractivity contribution is 5.94. The lowest BCUT2D eigenvalue weighted by atomic mass is 10.1. The number of hydrogen-bond acceptors (Lipinski definition) is 1. The van der Waals surface area contributed by atoms with Crippen LogP contribution >= 0.6 is 0 Å². The van der Waals surface area contributed by atoms with Crippen LogP contribution in [-0.2, 0) is 0 Å². The van der Waals surface area contributed by atoms with E-state index in [0.29, 0.717) is 5.56 Å². The molecule has 0 radical (unpaired) electrons. The topological polar surface area (TPSA) is 29.1 Å². The van der Waals surface area contributed by atoms with E-state index >= 15 is 0 Å². The lowest BCUT2D eigenvalue weighted by molar-refractivity contribution is 0.0933. The summed E-state index contributed by atoms with van der Waals surface area (Å²) in [6.45, 7) is 0. The molecule has 2 rings (SSSR count). The predicted octanol–water partition coefficient (Wildman–Crippen LogP) is 3.28. The van der Waals surface area contributed by atoms with Gasteiger partial charge in [-0.25, -0.2) is 4.39 Å². The summed E-state index contributed by atoms with van der Waals surface area (Å²) in [6, 6.07) is 5.99. The number of amides is 1. The summed E-state index contributed by atoms with van der Waals surface area (Å²) in [5.41, 5.74) is 0.538. The van der Waals surface area contributed by atoms with E-state index in [-0.39, 0.29) is 17.8 Å². The van der Waals surface area contributed by atoms with Gasteiger partial charge in [-0.2, -0.15) is 0 Å². The molecule has 1 fully saturated rings. The molecular weight excluding hydrogens is 217 g/mol. The third-order valence-electron chi connectivity index (χ3n) is 3.30. The second-order valence-electron chi connectivity index (χ2n) is 4.67. The fourth-order valence-corrected chi connectivity index (χ4v) is 2.29. The molecule has 1 saturated carbocycles. The van der Waals surface area contributed by atoms with E-state index in [1.165, 1.54) is 49.9 Å². The van der Waals surface area contributed by atoms with Crippen LogP contribution in [0.4, 0.5) is 4.39 Å². The van der Waals surface area contributed by atoms with Crippen molar-refractivity contribution in [2.24, 2.45) is 0 Å². The maximum absolute atomic E-state index is 12.7. The highest BCUT2D eigenvalue weighted by Gasteiger charge is 2.15. The van der Waals surface area contributed by atoms with Crippen LogP contribution in [0.25, 0.3) is 0 Å². The Morgan fingerprint density at radius 2 is 1.65 bits per heavy atom. The van der Waals surface area contributed by atoms with E-state index in [1.54, 1.807) is 0 Å². The molecule has 1 aliphatic carbocycles. The lowest BCUT2D eigenvalue weighted by Gasteiger charge is -2.16. The Kier molecular flexibility index (Phi) is 4.13. The summed E-state index contributed by atoms with van der Waals surface area (Å²) < 4.78 is 12.7. The first-order chi connectivity index (χ1) is 8.25. The summed E-state index contributed by atoms with van der Waals surface area (Å²) >= 11 is 0. The van der Waals surface area contributed by atoms with Gasteiger partial charge in [-0.3, -0.25) is 4.79 Å². The second kappa shape index (κ2) is 5.80. The number of hydrogen-bond donors (Lipinski definition) is 1. The Bertz CT molecular complexity index is 366. The fraction of sp³-hybridized carbons (Fsp3) is 0.500. The molecule has 1 aliphatic rings. The molecule has 0 bridgehead atoms. The Labute approximate surface area is 101 Å². The Morgan fingerprint density at radius 1 is 1.06 bits per heavy atom. The maximum Gasteiger partial charge on any atom is 0.251 e. The van der Waals surface area contributed by atoms with Gasteiger partial charge in [0.2, 0.25) is 0 Å². The van der Waals surface area contributed by atoms with E-state index in [2.05, 4.69) is 5.32 Å². The van der Waals surface area contributed by atoms with Crippen LogP contribution in [0, 0.1) is 5.82 Å². The van der Waals surface area contributed by atoms with Crippen molar-refractivity contribution in [2.75, 3.05) is 0 Å². The van der Waals surface area contributed by atoms with Gasteiger partial charge in [0.05, 0.1) is 0 Å². The fourth-order valence-electron chi connectivity index (χ4n) is 2.29. The van der Waals surface area contributed by atoms with E-state index in [9.17, 15) is 9.18 Å². The zero-order chi connectivity index (χ0) is 12.1. The van der Waals surface area contributed by atoms with Gasteiger partial charge in [0, 0.05) is 11.6 Å². The Morgan fingerprint density at radius 3 is 2.24 bits per heavy atom. The number of halogens is 1. The number of carbonyl (C=O) groups is 1. The average molecular weight is 235 g/mol. The van der Waals surface area contributed by atoms with Crippen molar-refractivity contribution in [2.45, 2.75) is 44.6 Å². The van der Waals surface area contributed by atoms with Crippen LogP contribution in [0.5, 0.6) is 0 Å². The van der Waals surface area contributed by atoms with Crippen molar-refractivity contribution < 1.29 is 9.18 Å². The quantitative estimate of drug-likeness (QED) is 0.783. The van der Waals surface area contributed by atoms with Crippen LogP contribution in [0.15, 0.2) is 24.3 Å². The summed E-state index contributed by atoms with van der Waals surface area (Å²) in [5.74, 6) is -0.395. The van der Waals surface area contributed by atoms with Crippen LogP contribution < -0.4 is 5.32 Å². The van der Waals surface area contributed by atoms with Gasteiger partial charge in [0.15, 0.2) is 0 Å². The molecule has 2 nitrogen and oxygen atoms in total. The monoisotopic (exact) mass is 235 g/mol. The van der Waals surface area contributed by atoms with Crippen molar-refractivity contribution in [1.82, 2.24) is 5.32 Å². The minimum Gasteiger partial charge on any atom is -0.349 e. The van der Waals surface area contributed by atoms with E-state index in [0.717, 1.165) is 12.8 Å². The molecule has 92 valence electrons. The molecule has 0 heterocycles. The van der Waals surface area contributed by atoms with Crippen LogP contribution in [0.2, 0.25) is 0 Å². The van der Waals surface area contributed by atoms with Crippen molar-refractivity contribution in [3.8, 4) is 0 Å². The van der Waals surface area contributed by atoms with Gasteiger partial charge in [0.1, 0.15) is 5.82 Å². The zero-order valence-corrected chi connectivity index (χ0v) is 9.92. The van der Waals surface area contributed by atoms with Gasteiger partial charge >= 0.3 is 0 Å². The molecule has 1 aromatic carbocycles. The predicted molar refractivity (Wildman–Crippen MR) is 65.4 cm³/mol. The summed E-state index contributed by atoms with van der Waals surface area (Å²) in [7, 11) is 0. The standard InChI is InChI=1S/C14H18FNO/c15-12-9-7-11(8-10-12)14(17)16-13-5-3-1-2-4-6-13/h7-10,13H,1-6H2,(H,16,17). The molecule has 0 saturated heterocycles. The minimum absolute atomic E-state index is 0.0862. The van der Waals surface area contributed by atoms with Gasteiger partial charge in [0.25, 0.3) is 5.91 Å². The third kappa shape index (κ3) is 3.55. The average Bonchev–Trinajstić information content (AvgIpc) is 2.58. The van der Waals surface area contributed by atoms with Gasteiger partial charge in [-0.05, 0) is 37.1 Å². The molecule has 0 unspecified atom stereocenters. The highest BCUT2D eigenvalue weighted by atomic mass is 19.1. The molecule has 3 heteroatoms. The third-order valence-corrected chi connectivity index (χ3v) is 3.30. The molecule has 1 N–H and O–H groups in total. The maximum atomic E-state index is 12.7. The summed E-state index contributed by atoms with van der Waals surface area (Å²) in [5, 5.41) is 3.03. The first-order valence-corrected chi connectivity index (χ1v) is 6.32. The van der Waals surface area contributed by atoms with Crippen molar-refractivity contribution in [3.63, 3.8) is 0 Å². The molecule has 0 aromatic heterocycles. The molecule has 1 amide bonds. The molecule has 1 aromatic rings. The van der Waals surface area contributed by atoms with Gasteiger partial charge in [-0.15, -0.1) is 0 Å². The van der Waals surface area contributed by atoms with Crippen LogP contribution in [-0.4, -0.2) is 11.9 Å². The van der Waals surface area contributed by atoms with E-state index in [1.807, 2.05) is 0 Å². The molecule has 0 atom stereocenters. The normalized spacial score (nSPS) is 17.5. The van der Waals surface area contributed by atoms with E-state index in [4.69, 9.17) is 0 Å². The smallest absolute Gasteiger partial charge is 0.251 e. The number of carbonyl (C=O) groups excluding carboxylic acids is 1. The SMILES string of the molecule is O=C(NC1CCCCCC1)c1ccc(F)cc1. The summed E-state index contributed by atoms with van der Waals surface area (Å²) in [6.07, 6.45) is 7.04. The lowest BCUT2D eigenvalue weighted by Crippen LogP contribution is -2.34.